The van der Waals surface area contributed by atoms with Crippen molar-refractivity contribution in [3.8, 4) is 0 Å². The number of nitrogens with one attached hydrogen (secondary N) is 1. The van der Waals surface area contributed by atoms with E-state index in [0.29, 0.717) is 15.8 Å². The number of primary sulfonamides is 1. The second kappa shape index (κ2) is 9.21. The molecule has 29 heavy (non-hydrogen) atoms. The summed E-state index contributed by atoms with van der Waals surface area (Å²) in [7, 11) is -3.80. The maximum atomic E-state index is 12.3. The fourth-order valence-corrected chi connectivity index (χ4v) is 5.96. The molecule has 2 aromatic carbocycles. The van der Waals surface area contributed by atoms with Crippen molar-refractivity contribution in [2.24, 2.45) is 5.14 Å². The maximum absolute atomic E-state index is 12.3. The zero-order valence-electron chi connectivity index (χ0n) is 15.5. The molecule has 154 valence electrons. The molecule has 1 aliphatic rings. The summed E-state index contributed by atoms with van der Waals surface area (Å²) in [5.41, 5.74) is 1.89. The number of benzene rings is 2. The largest absolute Gasteiger partial charge is 0.449 e. The third-order valence-electron chi connectivity index (χ3n) is 4.14. The summed E-state index contributed by atoms with van der Waals surface area (Å²) in [6.45, 7) is 1.46. The number of anilines is 1. The molecule has 0 aliphatic carbocycles. The average molecular weight is 453 g/mol. The first-order valence-corrected chi connectivity index (χ1v) is 12.4. The third-order valence-corrected chi connectivity index (χ3v) is 8.18. The van der Waals surface area contributed by atoms with Gasteiger partial charge in [0.05, 0.1) is 15.0 Å². The first-order valence-electron chi connectivity index (χ1n) is 8.72. The molecule has 10 heteroatoms. The Kier molecular flexibility index (Phi) is 6.89. The minimum Gasteiger partial charge on any atom is -0.449 e. The van der Waals surface area contributed by atoms with Gasteiger partial charge in [-0.05, 0) is 48.9 Å². The van der Waals surface area contributed by atoms with E-state index in [1.165, 1.54) is 31.2 Å². The van der Waals surface area contributed by atoms with Gasteiger partial charge in [-0.15, -0.1) is 23.5 Å². The van der Waals surface area contributed by atoms with Crippen LogP contribution in [0.5, 0.6) is 0 Å². The van der Waals surface area contributed by atoms with Crippen LogP contribution in [-0.2, 0) is 19.6 Å². The van der Waals surface area contributed by atoms with E-state index < -0.39 is 28.0 Å². The van der Waals surface area contributed by atoms with Crippen LogP contribution in [0.1, 0.15) is 27.4 Å². The molecule has 1 unspecified atom stereocenters. The number of carbonyl (C=O) groups excluding carboxylic acids is 2. The van der Waals surface area contributed by atoms with E-state index in [4.69, 9.17) is 9.88 Å². The van der Waals surface area contributed by atoms with Crippen LogP contribution in [0.2, 0.25) is 0 Å². The van der Waals surface area contributed by atoms with Crippen molar-refractivity contribution in [2.45, 2.75) is 22.5 Å². The summed E-state index contributed by atoms with van der Waals surface area (Å²) in [5, 5.41) is 7.60. The number of carbonyl (C=O) groups is 2. The van der Waals surface area contributed by atoms with Crippen LogP contribution in [0, 0.1) is 0 Å². The molecule has 0 spiro atoms. The first kappa shape index (κ1) is 21.7. The molecule has 2 aromatic rings. The lowest BCUT2D eigenvalue weighted by Gasteiger charge is -2.14. The summed E-state index contributed by atoms with van der Waals surface area (Å²) in [6.07, 6.45) is -1.03. The maximum Gasteiger partial charge on any atom is 0.338 e. The van der Waals surface area contributed by atoms with E-state index in [0.717, 1.165) is 17.1 Å². The third kappa shape index (κ3) is 5.75. The number of esters is 1. The van der Waals surface area contributed by atoms with Crippen molar-refractivity contribution in [1.82, 2.24) is 0 Å². The molecule has 7 nitrogen and oxygen atoms in total. The Labute approximate surface area is 177 Å². The smallest absolute Gasteiger partial charge is 0.338 e. The van der Waals surface area contributed by atoms with Crippen LogP contribution < -0.4 is 10.5 Å². The molecule has 0 radical (unpaired) electrons. The fourth-order valence-electron chi connectivity index (χ4n) is 2.58. The highest BCUT2D eigenvalue weighted by atomic mass is 32.2. The van der Waals surface area contributed by atoms with Gasteiger partial charge in [0.15, 0.2) is 6.10 Å². The number of hydrogen-bond acceptors (Lipinski definition) is 7. The van der Waals surface area contributed by atoms with Gasteiger partial charge >= 0.3 is 5.97 Å². The van der Waals surface area contributed by atoms with E-state index >= 15 is 0 Å². The quantitative estimate of drug-likeness (QED) is 0.647. The Morgan fingerprint density at radius 3 is 2.21 bits per heavy atom. The molecule has 1 fully saturated rings. The molecule has 3 rings (SSSR count). The SMILES string of the molecule is CC(OC(=O)c1ccc(C2SCCS2)cc1)C(=O)Nc1ccc(S(N)(=O)=O)cc1. The minimum atomic E-state index is -3.80. The monoisotopic (exact) mass is 452 g/mol. The number of thioether (sulfide) groups is 2. The van der Waals surface area contributed by atoms with Crippen molar-refractivity contribution >= 4 is 51.1 Å². The number of nitrogens with two attached hydrogens (primary N) is 1. The van der Waals surface area contributed by atoms with Crippen LogP contribution in [0.25, 0.3) is 0 Å². The molecule has 0 saturated carbocycles. The van der Waals surface area contributed by atoms with Gasteiger partial charge in [-0.1, -0.05) is 12.1 Å². The molecular formula is C19H20N2O5S3. The van der Waals surface area contributed by atoms with Crippen molar-refractivity contribution in [3.63, 3.8) is 0 Å². The van der Waals surface area contributed by atoms with Gasteiger partial charge < -0.3 is 10.1 Å². The van der Waals surface area contributed by atoms with Crippen molar-refractivity contribution in [1.29, 1.82) is 0 Å². The highest BCUT2D eigenvalue weighted by molar-refractivity contribution is 8.19. The zero-order valence-corrected chi connectivity index (χ0v) is 18.0. The average Bonchev–Trinajstić information content (AvgIpc) is 3.22. The van der Waals surface area contributed by atoms with Crippen LogP contribution in [0.15, 0.2) is 53.4 Å². The van der Waals surface area contributed by atoms with Gasteiger partial charge in [0.2, 0.25) is 10.0 Å². The predicted octanol–water partition coefficient (Wildman–Crippen LogP) is 3.00. The van der Waals surface area contributed by atoms with Gasteiger partial charge in [-0.25, -0.2) is 18.4 Å². The van der Waals surface area contributed by atoms with Gasteiger partial charge in [0, 0.05) is 17.2 Å². The van der Waals surface area contributed by atoms with Gasteiger partial charge in [0.25, 0.3) is 5.91 Å². The summed E-state index contributed by atoms with van der Waals surface area (Å²) >= 11 is 3.76. The Bertz CT molecular complexity index is 986. The summed E-state index contributed by atoms with van der Waals surface area (Å²) in [4.78, 5) is 24.5. The molecule has 0 bridgehead atoms. The molecule has 1 atom stereocenters. The lowest BCUT2D eigenvalue weighted by Crippen LogP contribution is -2.30. The molecule has 3 N–H and O–H groups in total. The second-order valence-corrected chi connectivity index (χ2v) is 10.6. The first-order chi connectivity index (χ1) is 13.7. The van der Waals surface area contributed by atoms with Gasteiger partial charge in [0.1, 0.15) is 0 Å². The lowest BCUT2D eigenvalue weighted by molar-refractivity contribution is -0.123. The van der Waals surface area contributed by atoms with E-state index in [9.17, 15) is 18.0 Å². The Morgan fingerprint density at radius 1 is 1.07 bits per heavy atom. The minimum absolute atomic E-state index is 0.0622. The van der Waals surface area contributed by atoms with E-state index in [1.807, 2.05) is 35.7 Å². The molecule has 1 saturated heterocycles. The van der Waals surface area contributed by atoms with Crippen LogP contribution in [0.3, 0.4) is 0 Å². The number of hydrogen-bond donors (Lipinski definition) is 2. The van der Waals surface area contributed by atoms with Crippen LogP contribution in [-0.4, -0.2) is 37.9 Å². The fraction of sp³-hybridized carbons (Fsp3) is 0.263. The Hall–Kier alpha value is -2.01. The summed E-state index contributed by atoms with van der Waals surface area (Å²) in [5.74, 6) is 1.13. The van der Waals surface area contributed by atoms with E-state index in [1.54, 1.807) is 12.1 Å². The molecule has 1 heterocycles. The number of amides is 1. The predicted molar refractivity (Wildman–Crippen MR) is 115 cm³/mol. The zero-order chi connectivity index (χ0) is 21.0. The Balaban J connectivity index is 1.56. The van der Waals surface area contributed by atoms with E-state index in [2.05, 4.69) is 5.32 Å². The normalized spacial score (nSPS) is 15.7. The van der Waals surface area contributed by atoms with Crippen molar-refractivity contribution < 1.29 is 22.7 Å². The van der Waals surface area contributed by atoms with Crippen LogP contribution in [0.4, 0.5) is 5.69 Å². The van der Waals surface area contributed by atoms with Gasteiger partial charge in [-0.3, -0.25) is 4.79 Å². The van der Waals surface area contributed by atoms with E-state index in [-0.39, 0.29) is 4.90 Å². The lowest BCUT2D eigenvalue weighted by atomic mass is 10.1. The molecular weight excluding hydrogens is 432 g/mol. The summed E-state index contributed by atoms with van der Waals surface area (Å²) in [6, 6.07) is 12.6. The summed E-state index contributed by atoms with van der Waals surface area (Å²) < 4.78 is 28.1. The topological polar surface area (TPSA) is 116 Å². The standard InChI is InChI=1S/C19H20N2O5S3/c1-12(17(22)21-15-6-8-16(9-7-15)29(20,24)25)26-18(23)13-2-4-14(5-3-13)19-27-10-11-28-19/h2-9,12,19H,10-11H2,1H3,(H,21,22)(H2,20,24,25). The highest BCUT2D eigenvalue weighted by Gasteiger charge is 2.21. The number of ether oxygens (including phenoxy) is 1. The number of rotatable bonds is 6. The molecule has 1 aliphatic heterocycles. The van der Waals surface area contributed by atoms with Gasteiger partial charge in [-0.2, -0.15) is 0 Å². The van der Waals surface area contributed by atoms with Crippen molar-refractivity contribution in [3.05, 3.63) is 59.7 Å². The number of sulfonamides is 1. The van der Waals surface area contributed by atoms with Crippen molar-refractivity contribution in [2.75, 3.05) is 16.8 Å². The van der Waals surface area contributed by atoms with Crippen LogP contribution >= 0.6 is 23.5 Å². The Morgan fingerprint density at radius 2 is 1.66 bits per heavy atom. The second-order valence-electron chi connectivity index (χ2n) is 6.30. The molecule has 1 amide bonds. The highest BCUT2D eigenvalue weighted by Crippen LogP contribution is 2.45. The molecule has 0 aromatic heterocycles.